The van der Waals surface area contributed by atoms with E-state index in [-0.39, 0.29) is 6.04 Å². The molecule has 1 unspecified atom stereocenters. The lowest BCUT2D eigenvalue weighted by atomic mass is 10.0. The minimum absolute atomic E-state index is 0.265. The van der Waals surface area contributed by atoms with Gasteiger partial charge in [0, 0.05) is 30.0 Å². The minimum atomic E-state index is 0.265. The van der Waals surface area contributed by atoms with E-state index in [2.05, 4.69) is 44.3 Å². The Labute approximate surface area is 128 Å². The summed E-state index contributed by atoms with van der Waals surface area (Å²) < 4.78 is 1.09. The summed E-state index contributed by atoms with van der Waals surface area (Å²) in [7, 11) is 0. The third-order valence-electron chi connectivity index (χ3n) is 4.16. The Morgan fingerprint density at radius 3 is 2.95 bits per heavy atom. The number of likely N-dealkylation sites (tertiary alicyclic amines) is 1. The summed E-state index contributed by atoms with van der Waals surface area (Å²) in [6, 6.07) is 9.30. The number of halogens is 1. The van der Waals surface area contributed by atoms with E-state index in [0.29, 0.717) is 18.4 Å². The molecular weight excluding hydrogens is 316 g/mol. The van der Waals surface area contributed by atoms with Gasteiger partial charge in [0.2, 0.25) is 5.91 Å². The number of benzene rings is 1. The Hall–Kier alpha value is -0.870. The highest BCUT2D eigenvalue weighted by Gasteiger charge is 2.30. The van der Waals surface area contributed by atoms with Gasteiger partial charge < -0.3 is 10.2 Å². The molecule has 1 heterocycles. The minimum Gasteiger partial charge on any atom is -0.336 e. The van der Waals surface area contributed by atoms with E-state index in [1.54, 1.807) is 0 Å². The van der Waals surface area contributed by atoms with Crippen molar-refractivity contribution < 1.29 is 4.79 Å². The van der Waals surface area contributed by atoms with E-state index in [1.807, 2.05) is 6.07 Å². The van der Waals surface area contributed by atoms with Crippen LogP contribution in [0.4, 0.5) is 0 Å². The fourth-order valence-electron chi connectivity index (χ4n) is 2.94. The number of hydrogen-bond acceptors (Lipinski definition) is 2. The Bertz CT molecular complexity index is 487. The van der Waals surface area contributed by atoms with E-state index in [4.69, 9.17) is 0 Å². The summed E-state index contributed by atoms with van der Waals surface area (Å²) in [4.78, 5) is 14.5. The monoisotopic (exact) mass is 336 g/mol. The van der Waals surface area contributed by atoms with Gasteiger partial charge in [0.15, 0.2) is 0 Å². The normalized spacial score (nSPS) is 22.2. The van der Waals surface area contributed by atoms with Crippen LogP contribution < -0.4 is 5.32 Å². The van der Waals surface area contributed by atoms with Crippen molar-refractivity contribution in [2.45, 2.75) is 44.2 Å². The predicted octanol–water partition coefficient (Wildman–Crippen LogP) is 3.25. The van der Waals surface area contributed by atoms with Gasteiger partial charge in [-0.05, 0) is 43.4 Å². The molecule has 1 saturated carbocycles. The molecule has 3 rings (SSSR count). The largest absolute Gasteiger partial charge is 0.336 e. The fraction of sp³-hybridized carbons (Fsp3) is 0.562. The van der Waals surface area contributed by atoms with Gasteiger partial charge in [0.1, 0.15) is 0 Å². The molecule has 1 aromatic carbocycles. The van der Waals surface area contributed by atoms with Crippen LogP contribution in [0.2, 0.25) is 0 Å². The molecule has 0 spiro atoms. The van der Waals surface area contributed by atoms with Crippen LogP contribution in [-0.4, -0.2) is 29.9 Å². The molecule has 2 aliphatic rings. The molecule has 2 fully saturated rings. The average Bonchev–Trinajstić information content (AvgIpc) is 3.12. The summed E-state index contributed by atoms with van der Waals surface area (Å²) in [6.07, 6.45) is 5.37. The van der Waals surface area contributed by atoms with Gasteiger partial charge in [-0.15, -0.1) is 0 Å². The van der Waals surface area contributed by atoms with Crippen molar-refractivity contribution in [3.05, 3.63) is 34.3 Å². The van der Waals surface area contributed by atoms with Crippen molar-refractivity contribution in [3.8, 4) is 0 Å². The molecule has 1 saturated heterocycles. The fourth-order valence-corrected chi connectivity index (χ4v) is 3.36. The molecule has 1 amide bonds. The maximum absolute atomic E-state index is 12.4. The van der Waals surface area contributed by atoms with E-state index in [0.717, 1.165) is 30.4 Å². The van der Waals surface area contributed by atoms with E-state index < -0.39 is 0 Å². The molecule has 1 atom stereocenters. The summed E-state index contributed by atoms with van der Waals surface area (Å²) in [6.45, 7) is 1.73. The molecule has 1 aromatic rings. The predicted molar refractivity (Wildman–Crippen MR) is 83.5 cm³/mol. The molecule has 0 aromatic heterocycles. The lowest BCUT2D eigenvalue weighted by molar-refractivity contribution is -0.132. The summed E-state index contributed by atoms with van der Waals surface area (Å²) >= 11 is 3.52. The summed E-state index contributed by atoms with van der Waals surface area (Å²) in [5, 5.41) is 3.42. The zero-order chi connectivity index (χ0) is 13.9. The molecule has 0 radical (unpaired) electrons. The maximum atomic E-state index is 12.4. The van der Waals surface area contributed by atoms with Crippen molar-refractivity contribution in [2.75, 3.05) is 13.1 Å². The number of carbonyl (C=O) groups excluding carboxylic acids is 1. The first-order chi connectivity index (χ1) is 9.74. The Kier molecular flexibility index (Phi) is 4.41. The van der Waals surface area contributed by atoms with Crippen LogP contribution in [-0.2, 0) is 4.79 Å². The SMILES string of the molecule is O=C(CCNC1CC1)N1CCCC1c1cccc(Br)c1. The van der Waals surface area contributed by atoms with Crippen molar-refractivity contribution in [2.24, 2.45) is 0 Å². The number of amides is 1. The first-order valence-corrected chi connectivity index (χ1v) is 8.31. The number of nitrogens with zero attached hydrogens (tertiary/aromatic N) is 1. The lowest BCUT2D eigenvalue weighted by Crippen LogP contribution is -2.33. The van der Waals surface area contributed by atoms with Crippen LogP contribution >= 0.6 is 15.9 Å². The molecule has 3 nitrogen and oxygen atoms in total. The summed E-state index contributed by atoms with van der Waals surface area (Å²) in [5.41, 5.74) is 1.25. The molecule has 0 bridgehead atoms. The maximum Gasteiger partial charge on any atom is 0.224 e. The van der Waals surface area contributed by atoms with Gasteiger partial charge >= 0.3 is 0 Å². The zero-order valence-electron chi connectivity index (χ0n) is 11.6. The van der Waals surface area contributed by atoms with Gasteiger partial charge in [-0.2, -0.15) is 0 Å². The second-order valence-electron chi connectivity index (χ2n) is 5.78. The Morgan fingerprint density at radius 2 is 2.20 bits per heavy atom. The highest BCUT2D eigenvalue weighted by Crippen LogP contribution is 2.33. The molecule has 1 aliphatic carbocycles. The van der Waals surface area contributed by atoms with Crippen LogP contribution in [0.3, 0.4) is 0 Å². The van der Waals surface area contributed by atoms with Crippen molar-refractivity contribution in [1.29, 1.82) is 0 Å². The van der Waals surface area contributed by atoms with Crippen molar-refractivity contribution in [3.63, 3.8) is 0 Å². The van der Waals surface area contributed by atoms with Crippen molar-refractivity contribution in [1.82, 2.24) is 10.2 Å². The standard InChI is InChI=1S/C16H21BrN2O/c17-13-4-1-3-12(11-13)15-5-2-10-19(15)16(20)8-9-18-14-6-7-14/h1,3-4,11,14-15,18H,2,5-10H2. The topological polar surface area (TPSA) is 32.3 Å². The molecule has 108 valence electrons. The third kappa shape index (κ3) is 3.41. The smallest absolute Gasteiger partial charge is 0.224 e. The van der Waals surface area contributed by atoms with Gasteiger partial charge in [-0.3, -0.25) is 4.79 Å². The highest BCUT2D eigenvalue weighted by atomic mass is 79.9. The first-order valence-electron chi connectivity index (χ1n) is 7.52. The van der Waals surface area contributed by atoms with Crippen molar-refractivity contribution >= 4 is 21.8 Å². The summed E-state index contributed by atoms with van der Waals surface area (Å²) in [5.74, 6) is 0.292. The van der Waals surface area contributed by atoms with Crippen LogP contribution in [0.25, 0.3) is 0 Å². The quantitative estimate of drug-likeness (QED) is 0.895. The zero-order valence-corrected chi connectivity index (χ0v) is 13.2. The van der Waals surface area contributed by atoms with Gasteiger partial charge in [-0.1, -0.05) is 28.1 Å². The van der Waals surface area contributed by atoms with E-state index in [1.165, 1.54) is 18.4 Å². The molecule has 20 heavy (non-hydrogen) atoms. The highest BCUT2D eigenvalue weighted by molar-refractivity contribution is 9.10. The molecule has 1 N–H and O–H groups in total. The van der Waals surface area contributed by atoms with E-state index >= 15 is 0 Å². The average molecular weight is 337 g/mol. The van der Waals surface area contributed by atoms with Gasteiger partial charge in [0.05, 0.1) is 6.04 Å². The van der Waals surface area contributed by atoms with Crippen LogP contribution in [0.15, 0.2) is 28.7 Å². The van der Waals surface area contributed by atoms with Gasteiger partial charge in [0.25, 0.3) is 0 Å². The number of rotatable bonds is 5. The third-order valence-corrected chi connectivity index (χ3v) is 4.65. The molecule has 4 heteroatoms. The number of nitrogens with one attached hydrogen (secondary N) is 1. The first kappa shape index (κ1) is 14.1. The Morgan fingerprint density at radius 1 is 1.35 bits per heavy atom. The van der Waals surface area contributed by atoms with Crippen LogP contribution in [0, 0.1) is 0 Å². The van der Waals surface area contributed by atoms with Crippen LogP contribution in [0.1, 0.15) is 43.7 Å². The Balaban J connectivity index is 1.60. The number of carbonyl (C=O) groups is 1. The molecular formula is C16H21BrN2O. The second kappa shape index (κ2) is 6.27. The van der Waals surface area contributed by atoms with Gasteiger partial charge in [-0.25, -0.2) is 0 Å². The second-order valence-corrected chi connectivity index (χ2v) is 6.69. The lowest BCUT2D eigenvalue weighted by Gasteiger charge is -2.25. The molecule has 1 aliphatic heterocycles. The number of hydrogen-bond donors (Lipinski definition) is 1. The van der Waals surface area contributed by atoms with E-state index in [9.17, 15) is 4.79 Å². The van der Waals surface area contributed by atoms with Crippen LogP contribution in [0.5, 0.6) is 0 Å².